The normalized spacial score (nSPS) is 13.2. The van der Waals surface area contributed by atoms with Crippen LogP contribution in [-0.2, 0) is 4.79 Å². The third-order valence-corrected chi connectivity index (χ3v) is 13.7. The summed E-state index contributed by atoms with van der Waals surface area (Å²) in [4.78, 5) is 12.5. The van der Waals surface area contributed by atoms with Crippen molar-refractivity contribution in [1.82, 2.24) is 5.32 Å². The molecule has 5 nitrogen and oxygen atoms in total. The van der Waals surface area contributed by atoms with Crippen LogP contribution in [0, 0.1) is 0 Å². The zero-order valence-corrected chi connectivity index (χ0v) is 41.8. The van der Waals surface area contributed by atoms with Crippen LogP contribution in [-0.4, -0.2) is 46.1 Å². The molecule has 1 amide bonds. The van der Waals surface area contributed by atoms with Crippen molar-refractivity contribution in [3.63, 3.8) is 0 Å². The largest absolute Gasteiger partial charge is 0.394 e. The zero-order valence-electron chi connectivity index (χ0n) is 41.8. The minimum absolute atomic E-state index is 0.309. The number of aliphatic hydroxyl groups excluding tert-OH is 3. The van der Waals surface area contributed by atoms with Crippen molar-refractivity contribution in [2.45, 2.75) is 347 Å². The number of unbranched alkanes of at least 4 members (excludes halogenated alkanes) is 45. The van der Waals surface area contributed by atoms with Gasteiger partial charge in [-0.2, -0.15) is 0 Å². The second kappa shape index (κ2) is 52.0. The molecule has 0 aliphatic carbocycles. The van der Waals surface area contributed by atoms with Gasteiger partial charge >= 0.3 is 0 Å². The summed E-state index contributed by atoms with van der Waals surface area (Å²) in [5, 5.41) is 33.3. The maximum atomic E-state index is 12.5. The number of rotatable bonds is 53. The lowest BCUT2D eigenvalue weighted by Crippen LogP contribution is -2.49. The van der Waals surface area contributed by atoms with Crippen molar-refractivity contribution in [1.29, 1.82) is 0 Å². The number of hydrogen-bond donors (Lipinski definition) is 4. The summed E-state index contributed by atoms with van der Waals surface area (Å²) in [7, 11) is 0. The first-order chi connectivity index (χ1) is 30.1. The van der Waals surface area contributed by atoms with E-state index in [0.717, 1.165) is 32.1 Å². The lowest BCUT2D eigenvalue weighted by Gasteiger charge is -2.23. The van der Waals surface area contributed by atoms with Gasteiger partial charge in [0.25, 0.3) is 0 Å². The van der Waals surface area contributed by atoms with Gasteiger partial charge in [-0.3, -0.25) is 4.79 Å². The summed E-state index contributed by atoms with van der Waals surface area (Å²) in [6.45, 7) is 4.23. The van der Waals surface area contributed by atoms with Crippen LogP contribution < -0.4 is 5.32 Å². The number of nitrogens with one attached hydrogen (secondary N) is 1. The standard InChI is InChI=1S/C56H113NO4/c1-3-5-7-9-11-13-14-15-16-17-18-19-20-21-22-23-24-25-26-27-28-29-30-31-32-33-34-35-36-37-38-39-40-41-43-45-47-49-51-55(60)56(61)57-53(52-58)54(59)50-48-46-44-42-12-10-8-6-4-2/h53-55,58-60H,3-52H2,1-2H3,(H,57,61). The van der Waals surface area contributed by atoms with Gasteiger partial charge in [0.1, 0.15) is 6.10 Å². The van der Waals surface area contributed by atoms with E-state index in [0.29, 0.717) is 12.8 Å². The molecule has 61 heavy (non-hydrogen) atoms. The van der Waals surface area contributed by atoms with Gasteiger partial charge in [-0.25, -0.2) is 0 Å². The van der Waals surface area contributed by atoms with Crippen LogP contribution in [0.4, 0.5) is 0 Å². The van der Waals surface area contributed by atoms with E-state index in [2.05, 4.69) is 19.2 Å². The second-order valence-electron chi connectivity index (χ2n) is 19.9. The van der Waals surface area contributed by atoms with E-state index in [1.807, 2.05) is 0 Å². The minimum atomic E-state index is -1.07. The first-order valence-electron chi connectivity index (χ1n) is 28.3. The van der Waals surface area contributed by atoms with E-state index in [1.165, 1.54) is 270 Å². The Labute approximate surface area is 383 Å². The van der Waals surface area contributed by atoms with Crippen molar-refractivity contribution < 1.29 is 20.1 Å². The molecule has 3 atom stereocenters. The van der Waals surface area contributed by atoms with E-state index >= 15 is 0 Å². The van der Waals surface area contributed by atoms with Gasteiger partial charge in [-0.1, -0.05) is 316 Å². The highest BCUT2D eigenvalue weighted by Gasteiger charge is 2.23. The SMILES string of the molecule is CCCCCCCCCCCCCCCCCCCCCCCCCCCCCCCCCCCCCCCCC(O)C(=O)NC(CO)C(O)CCCCCCCCCCC. The maximum Gasteiger partial charge on any atom is 0.249 e. The van der Waals surface area contributed by atoms with Gasteiger partial charge in [0.05, 0.1) is 18.8 Å². The average molecular weight is 865 g/mol. The number of carbonyl (C=O) groups excluding carboxylic acids is 1. The summed E-state index contributed by atoms with van der Waals surface area (Å²) in [5.74, 6) is -0.466. The van der Waals surface area contributed by atoms with E-state index in [1.54, 1.807) is 0 Å². The quantitative estimate of drug-likeness (QED) is 0.0459. The third kappa shape index (κ3) is 47.1. The zero-order chi connectivity index (χ0) is 44.4. The number of carbonyl (C=O) groups is 1. The van der Waals surface area contributed by atoms with Crippen LogP contribution >= 0.6 is 0 Å². The van der Waals surface area contributed by atoms with Crippen molar-refractivity contribution >= 4 is 5.91 Å². The molecule has 0 aliphatic rings. The molecule has 0 aromatic heterocycles. The van der Waals surface area contributed by atoms with E-state index < -0.39 is 24.2 Å². The summed E-state index contributed by atoms with van der Waals surface area (Å²) >= 11 is 0. The molecule has 0 fully saturated rings. The smallest absolute Gasteiger partial charge is 0.249 e. The van der Waals surface area contributed by atoms with Gasteiger partial charge in [0.2, 0.25) is 5.91 Å². The molecule has 0 rings (SSSR count). The maximum absolute atomic E-state index is 12.5. The molecule has 0 saturated heterocycles. The van der Waals surface area contributed by atoms with Crippen LogP contribution in [0.3, 0.4) is 0 Å². The Morgan fingerprint density at radius 3 is 0.738 bits per heavy atom. The highest BCUT2D eigenvalue weighted by Crippen LogP contribution is 2.19. The van der Waals surface area contributed by atoms with Crippen molar-refractivity contribution in [2.24, 2.45) is 0 Å². The molecular weight excluding hydrogens is 751 g/mol. The van der Waals surface area contributed by atoms with Gasteiger partial charge < -0.3 is 20.6 Å². The topological polar surface area (TPSA) is 89.8 Å². The lowest BCUT2D eigenvalue weighted by atomic mass is 10.0. The van der Waals surface area contributed by atoms with Crippen molar-refractivity contribution in [3.05, 3.63) is 0 Å². The van der Waals surface area contributed by atoms with E-state index in [4.69, 9.17) is 0 Å². The Hall–Kier alpha value is -0.650. The fourth-order valence-electron chi connectivity index (χ4n) is 9.31. The van der Waals surface area contributed by atoms with Crippen LogP contribution in [0.25, 0.3) is 0 Å². The van der Waals surface area contributed by atoms with Gasteiger partial charge in [0, 0.05) is 0 Å². The Kier molecular flexibility index (Phi) is 51.4. The Bertz CT molecular complexity index is 822. The lowest BCUT2D eigenvalue weighted by molar-refractivity contribution is -0.131. The molecule has 5 heteroatoms. The Balaban J connectivity index is 3.34. The van der Waals surface area contributed by atoms with Crippen molar-refractivity contribution in [2.75, 3.05) is 6.61 Å². The molecule has 4 N–H and O–H groups in total. The molecule has 366 valence electrons. The molecule has 0 aromatic rings. The van der Waals surface area contributed by atoms with Gasteiger partial charge in [-0.05, 0) is 12.8 Å². The van der Waals surface area contributed by atoms with E-state index in [9.17, 15) is 20.1 Å². The van der Waals surface area contributed by atoms with Crippen LogP contribution in [0.1, 0.15) is 328 Å². The Morgan fingerprint density at radius 1 is 0.328 bits per heavy atom. The Morgan fingerprint density at radius 2 is 0.525 bits per heavy atom. The summed E-state index contributed by atoms with van der Waals surface area (Å²) in [6.07, 6.45) is 63.4. The average Bonchev–Trinajstić information content (AvgIpc) is 3.26. The molecule has 0 aliphatic heterocycles. The van der Waals surface area contributed by atoms with Gasteiger partial charge in [-0.15, -0.1) is 0 Å². The summed E-state index contributed by atoms with van der Waals surface area (Å²) < 4.78 is 0. The highest BCUT2D eigenvalue weighted by atomic mass is 16.3. The van der Waals surface area contributed by atoms with Crippen LogP contribution in [0.2, 0.25) is 0 Å². The molecule has 0 aromatic carbocycles. The first-order valence-corrected chi connectivity index (χ1v) is 28.3. The number of aliphatic hydroxyl groups is 3. The van der Waals surface area contributed by atoms with Crippen LogP contribution in [0.5, 0.6) is 0 Å². The molecule has 3 unspecified atom stereocenters. The van der Waals surface area contributed by atoms with E-state index in [-0.39, 0.29) is 6.61 Å². The van der Waals surface area contributed by atoms with Crippen molar-refractivity contribution in [3.8, 4) is 0 Å². The predicted octanol–water partition coefficient (Wildman–Crippen LogP) is 17.3. The third-order valence-electron chi connectivity index (χ3n) is 13.7. The summed E-state index contributed by atoms with van der Waals surface area (Å²) in [5.41, 5.74) is 0. The molecular formula is C56H113NO4. The first kappa shape index (κ1) is 60.4. The second-order valence-corrected chi connectivity index (χ2v) is 19.9. The molecule has 0 saturated carbocycles. The fraction of sp³-hybridized carbons (Fsp3) is 0.982. The minimum Gasteiger partial charge on any atom is -0.394 e. The number of amides is 1. The molecule has 0 bridgehead atoms. The number of hydrogen-bond acceptors (Lipinski definition) is 4. The monoisotopic (exact) mass is 864 g/mol. The fourth-order valence-corrected chi connectivity index (χ4v) is 9.31. The van der Waals surface area contributed by atoms with Crippen LogP contribution in [0.15, 0.2) is 0 Å². The highest BCUT2D eigenvalue weighted by molar-refractivity contribution is 5.80. The molecule has 0 radical (unpaired) electrons. The van der Waals surface area contributed by atoms with Gasteiger partial charge in [0.15, 0.2) is 0 Å². The molecule has 0 spiro atoms. The predicted molar refractivity (Wildman–Crippen MR) is 269 cm³/mol. The summed E-state index contributed by atoms with van der Waals surface area (Å²) in [6, 6.07) is -0.705. The molecule has 0 heterocycles.